The lowest BCUT2D eigenvalue weighted by molar-refractivity contribution is 0.162. The summed E-state index contributed by atoms with van der Waals surface area (Å²) in [6.07, 6.45) is 6.12. The Balaban J connectivity index is 2.25. The fourth-order valence-electron chi connectivity index (χ4n) is 3.35. The topological polar surface area (TPSA) is 47.6 Å². The van der Waals surface area contributed by atoms with E-state index in [1.54, 1.807) is 0 Å². The van der Waals surface area contributed by atoms with E-state index in [0.29, 0.717) is 13.2 Å². The normalized spacial score (nSPS) is 28.7. The average Bonchev–Trinajstić information content (AvgIpc) is 2.44. The third kappa shape index (κ3) is 3.87. The van der Waals surface area contributed by atoms with Gasteiger partial charge in [0.05, 0.1) is 18.1 Å². The van der Waals surface area contributed by atoms with Gasteiger partial charge in [-0.15, -0.1) is 11.8 Å². The van der Waals surface area contributed by atoms with E-state index >= 15 is 0 Å². The predicted octanol–water partition coefficient (Wildman–Crippen LogP) is 4.60. The third-order valence-electron chi connectivity index (χ3n) is 4.46. The highest BCUT2D eigenvalue weighted by Crippen LogP contribution is 2.62. The fraction of sp³-hybridized carbons (Fsp3) is 1.00. The molecule has 1 atom stereocenters. The van der Waals surface area contributed by atoms with Crippen LogP contribution in [-0.2, 0) is 13.6 Å². The number of nitrogens with one attached hydrogen (secondary N) is 1. The van der Waals surface area contributed by atoms with Gasteiger partial charge in [-0.1, -0.05) is 33.1 Å². The van der Waals surface area contributed by atoms with Crippen molar-refractivity contribution in [1.29, 1.82) is 0 Å². The van der Waals surface area contributed by atoms with Crippen molar-refractivity contribution < 1.29 is 13.6 Å². The van der Waals surface area contributed by atoms with E-state index in [9.17, 15) is 4.57 Å². The predicted molar refractivity (Wildman–Crippen MR) is 89.8 cm³/mol. The first kappa shape index (κ1) is 17.8. The van der Waals surface area contributed by atoms with Crippen LogP contribution in [0, 0.1) is 5.41 Å². The summed E-state index contributed by atoms with van der Waals surface area (Å²) in [7, 11) is -3.13. The van der Waals surface area contributed by atoms with Crippen LogP contribution in [0.4, 0.5) is 0 Å². The van der Waals surface area contributed by atoms with Crippen LogP contribution in [0.15, 0.2) is 0 Å². The van der Waals surface area contributed by atoms with Crippen molar-refractivity contribution >= 4 is 19.4 Å². The lowest BCUT2D eigenvalue weighted by Crippen LogP contribution is -2.59. The summed E-state index contributed by atoms with van der Waals surface area (Å²) in [5.41, 5.74) is -0.104. The number of rotatable bonds is 5. The molecule has 0 bridgehead atoms. The Morgan fingerprint density at radius 1 is 1.14 bits per heavy atom. The average molecular weight is 335 g/mol. The molecule has 1 saturated heterocycles. The maximum absolute atomic E-state index is 13.3. The highest BCUT2D eigenvalue weighted by Gasteiger charge is 2.53. The second kappa shape index (κ2) is 6.92. The Morgan fingerprint density at radius 2 is 1.71 bits per heavy atom. The van der Waals surface area contributed by atoms with Crippen LogP contribution < -0.4 is 5.32 Å². The minimum atomic E-state index is -3.13. The lowest BCUT2D eigenvalue weighted by atomic mass is 9.90. The van der Waals surface area contributed by atoms with Crippen molar-refractivity contribution in [1.82, 2.24) is 5.32 Å². The van der Waals surface area contributed by atoms with Gasteiger partial charge >= 0.3 is 7.60 Å². The third-order valence-corrected chi connectivity index (χ3v) is 9.12. The molecule has 1 heterocycles. The van der Waals surface area contributed by atoms with Crippen LogP contribution in [0.3, 0.4) is 0 Å². The van der Waals surface area contributed by atoms with Crippen molar-refractivity contribution in [3.05, 3.63) is 0 Å². The smallest absolute Gasteiger partial charge is 0.308 e. The van der Waals surface area contributed by atoms with Gasteiger partial charge in [0.25, 0.3) is 0 Å². The van der Waals surface area contributed by atoms with Crippen molar-refractivity contribution in [2.75, 3.05) is 19.0 Å². The quantitative estimate of drug-likeness (QED) is 0.744. The second-order valence-electron chi connectivity index (χ2n) is 6.75. The molecule has 0 unspecified atom stereocenters. The van der Waals surface area contributed by atoms with E-state index in [2.05, 4.69) is 19.2 Å². The second-order valence-corrected chi connectivity index (χ2v) is 10.2. The number of hydrogen-bond acceptors (Lipinski definition) is 5. The Bertz CT molecular complexity index is 386. The van der Waals surface area contributed by atoms with Gasteiger partial charge in [-0.05, 0) is 26.7 Å². The molecule has 0 aromatic rings. The van der Waals surface area contributed by atoms with Gasteiger partial charge in [0.1, 0.15) is 5.78 Å². The summed E-state index contributed by atoms with van der Waals surface area (Å²) in [5, 5.41) is 3.72. The highest BCUT2D eigenvalue weighted by molar-refractivity contribution is 8.00. The van der Waals surface area contributed by atoms with E-state index in [4.69, 9.17) is 9.05 Å². The molecule has 2 aliphatic rings. The first-order valence-corrected chi connectivity index (χ1v) is 10.8. The summed E-state index contributed by atoms with van der Waals surface area (Å²) >= 11 is 2.01. The molecule has 0 radical (unpaired) electrons. The molecule has 6 heteroatoms. The van der Waals surface area contributed by atoms with E-state index in [1.165, 1.54) is 19.3 Å². The van der Waals surface area contributed by atoms with Crippen LogP contribution in [0.2, 0.25) is 0 Å². The zero-order chi connectivity index (χ0) is 15.6. The van der Waals surface area contributed by atoms with Gasteiger partial charge in [-0.2, -0.15) is 0 Å². The van der Waals surface area contributed by atoms with Crippen LogP contribution in [0.25, 0.3) is 0 Å². The molecule has 1 spiro atoms. The number of hydrogen-bond donors (Lipinski definition) is 1. The van der Waals surface area contributed by atoms with Crippen LogP contribution >= 0.6 is 19.4 Å². The molecule has 1 saturated carbocycles. The van der Waals surface area contributed by atoms with E-state index in [-0.39, 0.29) is 16.1 Å². The zero-order valence-electron chi connectivity index (χ0n) is 13.8. The fourth-order valence-corrected chi connectivity index (χ4v) is 7.60. The maximum atomic E-state index is 13.3. The summed E-state index contributed by atoms with van der Waals surface area (Å²) in [6.45, 7) is 8.94. The first-order valence-electron chi connectivity index (χ1n) is 8.18. The number of thioether (sulfide) groups is 1. The minimum absolute atomic E-state index is 0.0717. The molecule has 0 aromatic heterocycles. The molecule has 21 heavy (non-hydrogen) atoms. The summed E-state index contributed by atoms with van der Waals surface area (Å²) in [4.78, 5) is 0.0717. The van der Waals surface area contributed by atoms with Gasteiger partial charge in [-0.3, -0.25) is 9.88 Å². The van der Waals surface area contributed by atoms with Gasteiger partial charge in [0, 0.05) is 11.2 Å². The van der Waals surface area contributed by atoms with Crippen LogP contribution in [0.5, 0.6) is 0 Å². The van der Waals surface area contributed by atoms with E-state index < -0.39 is 7.60 Å². The summed E-state index contributed by atoms with van der Waals surface area (Å²) in [6, 6.07) is 0. The molecule has 1 aliphatic carbocycles. The van der Waals surface area contributed by atoms with Crippen molar-refractivity contribution in [3.8, 4) is 0 Å². The molecule has 1 N–H and O–H groups in total. The SMILES string of the molecule is CCOP(=O)(OCC)[C@@H]1NC2(CCCCC2)SCC1(C)C. The van der Waals surface area contributed by atoms with Crippen molar-refractivity contribution in [3.63, 3.8) is 0 Å². The standard InChI is InChI=1S/C15H30NO3PS/c1-5-18-20(17,19-6-2)13-14(3,4)12-21-15(16-13)10-8-7-9-11-15/h13,16H,5-12H2,1-4H3/t13-/m0/s1. The lowest BCUT2D eigenvalue weighted by Gasteiger charge is -2.51. The Kier molecular flexibility index (Phi) is 5.87. The largest absolute Gasteiger partial charge is 0.348 e. The molecular formula is C15H30NO3PS. The zero-order valence-corrected chi connectivity index (χ0v) is 15.5. The van der Waals surface area contributed by atoms with Gasteiger partial charge in [0.15, 0.2) is 0 Å². The molecule has 0 aromatic carbocycles. The molecule has 1 aliphatic heterocycles. The van der Waals surface area contributed by atoms with Gasteiger partial charge in [0.2, 0.25) is 0 Å². The van der Waals surface area contributed by atoms with Gasteiger partial charge < -0.3 is 9.05 Å². The van der Waals surface area contributed by atoms with Gasteiger partial charge in [-0.25, -0.2) is 0 Å². The Hall–Kier alpha value is 0.460. The van der Waals surface area contributed by atoms with E-state index in [1.807, 2.05) is 25.6 Å². The van der Waals surface area contributed by atoms with Crippen LogP contribution in [-0.4, -0.2) is 29.6 Å². The maximum Gasteiger partial charge on any atom is 0.348 e. The molecule has 4 nitrogen and oxygen atoms in total. The Labute approximate surface area is 133 Å². The van der Waals surface area contributed by atoms with Crippen molar-refractivity contribution in [2.24, 2.45) is 5.41 Å². The molecular weight excluding hydrogens is 305 g/mol. The monoisotopic (exact) mass is 335 g/mol. The van der Waals surface area contributed by atoms with E-state index in [0.717, 1.165) is 18.6 Å². The molecule has 124 valence electrons. The van der Waals surface area contributed by atoms with Crippen LogP contribution in [0.1, 0.15) is 59.8 Å². The molecule has 0 amide bonds. The first-order chi connectivity index (χ1) is 9.87. The minimum Gasteiger partial charge on any atom is -0.308 e. The highest BCUT2D eigenvalue weighted by atomic mass is 32.2. The molecule has 2 rings (SSSR count). The summed E-state index contributed by atoms with van der Waals surface area (Å²) < 4.78 is 24.6. The summed E-state index contributed by atoms with van der Waals surface area (Å²) in [5.74, 6) is 0.777. The van der Waals surface area contributed by atoms with Crippen molar-refractivity contribution in [2.45, 2.75) is 70.5 Å². The molecule has 2 fully saturated rings. The Morgan fingerprint density at radius 3 is 2.24 bits per heavy atom.